The molecule has 0 spiro atoms. The van der Waals surface area contributed by atoms with E-state index < -0.39 is 16.1 Å². The van der Waals surface area contributed by atoms with Crippen LogP contribution < -0.4 is 14.8 Å². The van der Waals surface area contributed by atoms with Gasteiger partial charge in [-0.05, 0) is 51.3 Å². The predicted octanol–water partition coefficient (Wildman–Crippen LogP) is 3.79. The quantitative estimate of drug-likeness (QED) is 0.598. The lowest BCUT2D eigenvalue weighted by atomic mass is 10.0. The van der Waals surface area contributed by atoms with Crippen LogP contribution in [-0.2, 0) is 21.4 Å². The van der Waals surface area contributed by atoms with Gasteiger partial charge >= 0.3 is 0 Å². The third kappa shape index (κ3) is 7.15. The fourth-order valence-corrected chi connectivity index (χ4v) is 4.19. The van der Waals surface area contributed by atoms with Crippen molar-refractivity contribution in [3.05, 3.63) is 59.7 Å². The second-order valence-corrected chi connectivity index (χ2v) is 9.82. The first-order chi connectivity index (χ1) is 14.1. The van der Waals surface area contributed by atoms with Gasteiger partial charge in [-0.2, -0.15) is 4.72 Å². The molecule has 2 N–H and O–H groups in total. The highest BCUT2D eigenvalue weighted by Crippen LogP contribution is 2.19. The Labute approximate surface area is 180 Å². The average molecular weight is 433 g/mol. The van der Waals surface area contributed by atoms with Crippen molar-refractivity contribution in [2.45, 2.75) is 64.6 Å². The van der Waals surface area contributed by atoms with Crippen LogP contribution in [-0.4, -0.2) is 26.5 Å². The summed E-state index contributed by atoms with van der Waals surface area (Å²) in [6.45, 7) is 9.92. The molecule has 164 valence electrons. The Hall–Kier alpha value is -2.38. The molecule has 0 radical (unpaired) electrons. The van der Waals surface area contributed by atoms with Crippen LogP contribution >= 0.6 is 0 Å². The first-order valence-corrected chi connectivity index (χ1v) is 11.7. The van der Waals surface area contributed by atoms with Crippen LogP contribution in [0.3, 0.4) is 0 Å². The van der Waals surface area contributed by atoms with Crippen LogP contribution in [0, 0.1) is 12.8 Å². The summed E-state index contributed by atoms with van der Waals surface area (Å²) < 4.78 is 33.9. The molecule has 2 aromatic carbocycles. The Kier molecular flexibility index (Phi) is 8.43. The number of hydrogen-bond acceptors (Lipinski definition) is 4. The van der Waals surface area contributed by atoms with Crippen LogP contribution in [0.4, 0.5) is 0 Å². The second kappa shape index (κ2) is 10.6. The van der Waals surface area contributed by atoms with Crippen molar-refractivity contribution in [2.75, 3.05) is 0 Å². The first-order valence-electron chi connectivity index (χ1n) is 10.2. The number of aryl methyl sites for hydroxylation is 1. The predicted molar refractivity (Wildman–Crippen MR) is 119 cm³/mol. The molecule has 7 heteroatoms. The number of carbonyl (C=O) groups is 1. The highest BCUT2D eigenvalue weighted by atomic mass is 32.2. The summed E-state index contributed by atoms with van der Waals surface area (Å²) in [4.78, 5) is 13.0. The molecule has 0 aromatic heterocycles. The summed E-state index contributed by atoms with van der Waals surface area (Å²) in [5, 5.41) is 2.86. The molecule has 0 aliphatic heterocycles. The van der Waals surface area contributed by atoms with Gasteiger partial charge in [0.1, 0.15) is 11.8 Å². The molecular weight excluding hydrogens is 400 g/mol. The maximum atomic E-state index is 12.9. The van der Waals surface area contributed by atoms with E-state index >= 15 is 0 Å². The summed E-state index contributed by atoms with van der Waals surface area (Å²) in [5.41, 5.74) is 1.80. The fraction of sp³-hybridized carbons (Fsp3) is 0.435. The van der Waals surface area contributed by atoms with Crippen LogP contribution in [0.25, 0.3) is 0 Å². The molecule has 0 aliphatic carbocycles. The maximum absolute atomic E-state index is 12.9. The molecule has 1 atom stereocenters. The minimum atomic E-state index is -3.81. The van der Waals surface area contributed by atoms with Crippen molar-refractivity contribution in [2.24, 2.45) is 5.92 Å². The molecule has 2 rings (SSSR count). The molecule has 1 unspecified atom stereocenters. The maximum Gasteiger partial charge on any atom is 0.241 e. The number of carbonyl (C=O) groups excluding carboxylic acids is 1. The van der Waals surface area contributed by atoms with Gasteiger partial charge in [0.2, 0.25) is 15.9 Å². The third-order valence-corrected chi connectivity index (χ3v) is 5.93. The molecule has 1 amide bonds. The van der Waals surface area contributed by atoms with Gasteiger partial charge in [0.25, 0.3) is 0 Å². The van der Waals surface area contributed by atoms with E-state index in [2.05, 4.69) is 10.0 Å². The number of hydrogen-bond donors (Lipinski definition) is 2. The van der Waals surface area contributed by atoms with Crippen LogP contribution in [0.2, 0.25) is 0 Å². The van der Waals surface area contributed by atoms with E-state index in [1.807, 2.05) is 58.9 Å². The van der Waals surface area contributed by atoms with E-state index in [0.29, 0.717) is 12.2 Å². The summed E-state index contributed by atoms with van der Waals surface area (Å²) in [6.07, 6.45) is 0.401. The van der Waals surface area contributed by atoms with Crippen molar-refractivity contribution in [3.63, 3.8) is 0 Å². The molecule has 0 fully saturated rings. The van der Waals surface area contributed by atoms with E-state index in [4.69, 9.17) is 4.74 Å². The fourth-order valence-electron chi connectivity index (χ4n) is 2.98. The van der Waals surface area contributed by atoms with Gasteiger partial charge in [0.05, 0.1) is 11.0 Å². The Balaban J connectivity index is 2.13. The largest absolute Gasteiger partial charge is 0.491 e. The van der Waals surface area contributed by atoms with E-state index in [1.54, 1.807) is 24.3 Å². The minimum Gasteiger partial charge on any atom is -0.491 e. The van der Waals surface area contributed by atoms with Crippen molar-refractivity contribution in [3.8, 4) is 5.75 Å². The monoisotopic (exact) mass is 432 g/mol. The Bertz CT molecular complexity index is 938. The number of sulfonamides is 1. The molecule has 0 bridgehead atoms. The third-order valence-electron chi connectivity index (χ3n) is 4.44. The SMILES string of the molecule is Cc1ccc(S(=O)(=O)NC(CC(C)C)C(=O)NCc2ccccc2OC(C)C)cc1. The molecule has 30 heavy (non-hydrogen) atoms. The topological polar surface area (TPSA) is 84.5 Å². The Morgan fingerprint density at radius 1 is 1.00 bits per heavy atom. The lowest BCUT2D eigenvalue weighted by Gasteiger charge is -2.21. The molecular formula is C23H32N2O4S. The van der Waals surface area contributed by atoms with Crippen molar-refractivity contribution in [1.82, 2.24) is 10.0 Å². The van der Waals surface area contributed by atoms with Crippen LogP contribution in [0.1, 0.15) is 45.2 Å². The summed E-state index contributed by atoms with van der Waals surface area (Å²) in [5.74, 6) is 0.477. The van der Waals surface area contributed by atoms with Crippen molar-refractivity contribution >= 4 is 15.9 Å². The summed E-state index contributed by atoms with van der Waals surface area (Å²) in [7, 11) is -3.81. The van der Waals surface area contributed by atoms with E-state index in [0.717, 1.165) is 11.1 Å². The van der Waals surface area contributed by atoms with E-state index in [-0.39, 0.29) is 29.4 Å². The number of benzene rings is 2. The number of amides is 1. The van der Waals surface area contributed by atoms with Gasteiger partial charge in [-0.1, -0.05) is 49.7 Å². The standard InChI is InChI=1S/C23H32N2O4S/c1-16(2)14-21(25-30(27,28)20-12-10-18(5)11-13-20)23(26)24-15-19-8-6-7-9-22(19)29-17(3)4/h6-13,16-17,21,25H,14-15H2,1-5H3,(H,24,26). The highest BCUT2D eigenvalue weighted by molar-refractivity contribution is 7.89. The summed E-state index contributed by atoms with van der Waals surface area (Å²) in [6, 6.07) is 13.2. The average Bonchev–Trinajstić information content (AvgIpc) is 2.66. The van der Waals surface area contributed by atoms with E-state index in [1.165, 1.54) is 0 Å². The second-order valence-electron chi connectivity index (χ2n) is 8.11. The molecule has 0 saturated carbocycles. The van der Waals surface area contributed by atoms with Gasteiger partial charge < -0.3 is 10.1 Å². The van der Waals surface area contributed by atoms with Crippen LogP contribution in [0.5, 0.6) is 5.75 Å². The Morgan fingerprint density at radius 2 is 1.63 bits per heavy atom. The molecule has 0 heterocycles. The number of rotatable bonds is 10. The van der Waals surface area contributed by atoms with Gasteiger partial charge in [0.15, 0.2) is 0 Å². The number of nitrogens with one attached hydrogen (secondary N) is 2. The lowest BCUT2D eigenvalue weighted by Crippen LogP contribution is -2.47. The highest BCUT2D eigenvalue weighted by Gasteiger charge is 2.26. The zero-order chi connectivity index (χ0) is 22.3. The zero-order valence-electron chi connectivity index (χ0n) is 18.3. The van der Waals surface area contributed by atoms with E-state index in [9.17, 15) is 13.2 Å². The van der Waals surface area contributed by atoms with Crippen molar-refractivity contribution < 1.29 is 17.9 Å². The molecule has 2 aromatic rings. The van der Waals surface area contributed by atoms with Gasteiger partial charge in [-0.25, -0.2) is 8.42 Å². The summed E-state index contributed by atoms with van der Waals surface area (Å²) >= 11 is 0. The first kappa shape index (κ1) is 23.9. The minimum absolute atomic E-state index is 0.0110. The van der Waals surface area contributed by atoms with Gasteiger partial charge in [-0.15, -0.1) is 0 Å². The number of para-hydroxylation sites is 1. The van der Waals surface area contributed by atoms with Crippen molar-refractivity contribution in [1.29, 1.82) is 0 Å². The van der Waals surface area contributed by atoms with Gasteiger partial charge in [0, 0.05) is 12.1 Å². The normalized spacial score (nSPS) is 12.8. The van der Waals surface area contributed by atoms with Gasteiger partial charge in [-0.3, -0.25) is 4.79 Å². The number of ether oxygens (including phenoxy) is 1. The molecule has 0 saturated heterocycles. The lowest BCUT2D eigenvalue weighted by molar-refractivity contribution is -0.123. The molecule has 0 aliphatic rings. The van der Waals surface area contributed by atoms with Crippen LogP contribution in [0.15, 0.2) is 53.4 Å². The Morgan fingerprint density at radius 3 is 2.23 bits per heavy atom. The molecule has 6 nitrogen and oxygen atoms in total. The zero-order valence-corrected chi connectivity index (χ0v) is 19.1. The smallest absolute Gasteiger partial charge is 0.241 e.